The number of halogens is 1. The van der Waals surface area contributed by atoms with E-state index in [2.05, 4.69) is 15.1 Å². The zero-order valence-electron chi connectivity index (χ0n) is 18.6. The number of benzene rings is 2. The number of sulfonamides is 1. The van der Waals surface area contributed by atoms with Gasteiger partial charge in [-0.3, -0.25) is 4.79 Å². The van der Waals surface area contributed by atoms with Gasteiger partial charge in [-0.25, -0.2) is 22.2 Å². The second-order valence-corrected chi connectivity index (χ2v) is 9.46. The van der Waals surface area contributed by atoms with Crippen molar-refractivity contribution in [2.45, 2.75) is 31.7 Å². The van der Waals surface area contributed by atoms with Crippen molar-refractivity contribution in [3.05, 3.63) is 95.5 Å². The molecule has 1 amide bonds. The highest BCUT2D eigenvalue weighted by molar-refractivity contribution is 7.89. The molecule has 0 radical (unpaired) electrons. The molecule has 0 atom stereocenters. The van der Waals surface area contributed by atoms with E-state index in [1.165, 1.54) is 30.5 Å². The van der Waals surface area contributed by atoms with Crippen molar-refractivity contribution in [3.8, 4) is 5.69 Å². The summed E-state index contributed by atoms with van der Waals surface area (Å²) >= 11 is 0. The second kappa shape index (κ2) is 9.62. The number of aromatic nitrogens is 2. The van der Waals surface area contributed by atoms with Gasteiger partial charge in [0.05, 0.1) is 35.5 Å². The lowest BCUT2D eigenvalue weighted by Crippen LogP contribution is -2.23. The maximum absolute atomic E-state index is 13.2. The van der Waals surface area contributed by atoms with Crippen molar-refractivity contribution in [2.24, 2.45) is 0 Å². The van der Waals surface area contributed by atoms with Crippen LogP contribution in [0.15, 0.2) is 76.2 Å². The molecular weight excluding hydrogens is 459 g/mol. The maximum atomic E-state index is 13.2. The average Bonchev–Trinajstić information content (AvgIpc) is 3.43. The summed E-state index contributed by atoms with van der Waals surface area (Å²) < 4.78 is 47.7. The third-order valence-corrected chi connectivity index (χ3v) is 6.69. The third kappa shape index (κ3) is 5.24. The molecule has 0 spiro atoms. The average molecular weight is 483 g/mol. The molecule has 34 heavy (non-hydrogen) atoms. The quantitative estimate of drug-likeness (QED) is 0.396. The lowest BCUT2D eigenvalue weighted by atomic mass is 10.1. The fraction of sp³-hybridized carbons (Fsp3) is 0.167. The first-order valence-electron chi connectivity index (χ1n) is 10.5. The van der Waals surface area contributed by atoms with Crippen molar-refractivity contribution in [1.82, 2.24) is 14.5 Å². The lowest BCUT2D eigenvalue weighted by Gasteiger charge is -2.09. The van der Waals surface area contributed by atoms with Crippen LogP contribution >= 0.6 is 0 Å². The normalized spacial score (nSPS) is 11.5. The minimum atomic E-state index is -3.80. The number of carbonyl (C=O) groups is 1. The van der Waals surface area contributed by atoms with Gasteiger partial charge in [-0.2, -0.15) is 5.10 Å². The van der Waals surface area contributed by atoms with Gasteiger partial charge in [0.15, 0.2) is 0 Å². The van der Waals surface area contributed by atoms with Gasteiger partial charge in [-0.15, -0.1) is 0 Å². The van der Waals surface area contributed by atoms with Gasteiger partial charge in [0.1, 0.15) is 11.6 Å². The highest BCUT2D eigenvalue weighted by Crippen LogP contribution is 2.20. The van der Waals surface area contributed by atoms with E-state index >= 15 is 0 Å². The Hall–Kier alpha value is -3.76. The predicted octanol–water partition coefficient (Wildman–Crippen LogP) is 3.88. The zero-order valence-corrected chi connectivity index (χ0v) is 19.4. The van der Waals surface area contributed by atoms with Gasteiger partial charge in [0.2, 0.25) is 15.9 Å². The van der Waals surface area contributed by atoms with Crippen LogP contribution in [0.25, 0.3) is 5.69 Å². The summed E-state index contributed by atoms with van der Waals surface area (Å²) in [6.45, 7) is 3.65. The van der Waals surface area contributed by atoms with Crippen LogP contribution in [0.1, 0.15) is 22.7 Å². The SMILES string of the molecule is Cc1nn(-c2ccc(F)cc2)c(C)c1CC(=O)Nc1cccc(S(=O)(=O)NCc2ccco2)c1. The van der Waals surface area contributed by atoms with Crippen molar-refractivity contribution in [2.75, 3.05) is 5.32 Å². The Labute approximate surface area is 196 Å². The van der Waals surface area contributed by atoms with Gasteiger partial charge in [-0.1, -0.05) is 6.07 Å². The molecule has 2 aromatic carbocycles. The number of furan rings is 1. The molecule has 0 saturated heterocycles. The van der Waals surface area contributed by atoms with Crippen LogP contribution in [0.3, 0.4) is 0 Å². The first-order chi connectivity index (χ1) is 16.2. The molecule has 0 saturated carbocycles. The topological polar surface area (TPSA) is 106 Å². The summed E-state index contributed by atoms with van der Waals surface area (Å²) in [4.78, 5) is 12.8. The molecule has 2 heterocycles. The van der Waals surface area contributed by atoms with Crippen molar-refractivity contribution >= 4 is 21.6 Å². The van der Waals surface area contributed by atoms with Gasteiger partial charge >= 0.3 is 0 Å². The van der Waals surface area contributed by atoms with E-state index < -0.39 is 10.0 Å². The highest BCUT2D eigenvalue weighted by atomic mass is 32.2. The molecule has 0 aliphatic rings. The number of anilines is 1. The van der Waals surface area contributed by atoms with E-state index in [1.807, 2.05) is 6.92 Å². The first kappa shape index (κ1) is 23.4. The summed E-state index contributed by atoms with van der Waals surface area (Å²) in [6, 6.07) is 15.3. The number of amides is 1. The summed E-state index contributed by atoms with van der Waals surface area (Å²) in [7, 11) is -3.80. The Balaban J connectivity index is 1.46. The molecule has 0 unspecified atom stereocenters. The number of carbonyl (C=O) groups excluding carboxylic acids is 1. The van der Waals surface area contributed by atoms with Crippen molar-refractivity contribution in [3.63, 3.8) is 0 Å². The number of nitrogens with zero attached hydrogens (tertiary/aromatic N) is 2. The fourth-order valence-corrected chi connectivity index (χ4v) is 4.57. The molecule has 0 bridgehead atoms. The van der Waals surface area contributed by atoms with Crippen molar-refractivity contribution in [1.29, 1.82) is 0 Å². The maximum Gasteiger partial charge on any atom is 0.241 e. The largest absolute Gasteiger partial charge is 0.468 e. The fourth-order valence-electron chi connectivity index (χ4n) is 3.53. The second-order valence-electron chi connectivity index (χ2n) is 7.69. The summed E-state index contributed by atoms with van der Waals surface area (Å²) in [6.07, 6.45) is 1.51. The number of rotatable bonds is 8. The van der Waals surface area contributed by atoms with E-state index in [1.54, 1.807) is 48.0 Å². The Morgan fingerprint density at radius 3 is 2.56 bits per heavy atom. The molecule has 2 aromatic heterocycles. The molecule has 8 nitrogen and oxygen atoms in total. The summed E-state index contributed by atoms with van der Waals surface area (Å²) in [5.41, 5.74) is 3.22. The molecule has 2 N–H and O–H groups in total. The van der Waals surface area contributed by atoms with Crippen LogP contribution in [0, 0.1) is 19.7 Å². The van der Waals surface area contributed by atoms with E-state index in [9.17, 15) is 17.6 Å². The third-order valence-electron chi connectivity index (χ3n) is 5.29. The zero-order chi connectivity index (χ0) is 24.3. The van der Waals surface area contributed by atoms with Gasteiger partial charge in [0, 0.05) is 16.9 Å². The molecule has 0 aliphatic carbocycles. The Morgan fingerprint density at radius 2 is 1.85 bits per heavy atom. The smallest absolute Gasteiger partial charge is 0.241 e. The number of aryl methyl sites for hydroxylation is 1. The van der Waals surface area contributed by atoms with Crippen LogP contribution in [-0.4, -0.2) is 24.1 Å². The molecule has 0 fully saturated rings. The van der Waals surface area contributed by atoms with Crippen LogP contribution in [-0.2, 0) is 27.8 Å². The Bertz CT molecular complexity index is 1410. The predicted molar refractivity (Wildman–Crippen MR) is 125 cm³/mol. The monoisotopic (exact) mass is 482 g/mol. The molecule has 4 rings (SSSR count). The van der Waals surface area contributed by atoms with Crippen molar-refractivity contribution < 1.29 is 22.0 Å². The van der Waals surface area contributed by atoms with Crippen LogP contribution in [0.2, 0.25) is 0 Å². The summed E-state index contributed by atoms with van der Waals surface area (Å²) in [5, 5.41) is 7.22. The summed E-state index contributed by atoms with van der Waals surface area (Å²) in [5.74, 6) is -0.173. The minimum Gasteiger partial charge on any atom is -0.468 e. The van der Waals surface area contributed by atoms with Crippen LogP contribution in [0.4, 0.5) is 10.1 Å². The molecule has 4 aromatic rings. The van der Waals surface area contributed by atoms with Crippen LogP contribution < -0.4 is 10.0 Å². The Kier molecular flexibility index (Phi) is 6.62. The van der Waals surface area contributed by atoms with E-state index in [-0.39, 0.29) is 29.6 Å². The Morgan fingerprint density at radius 1 is 1.09 bits per heavy atom. The molecule has 10 heteroatoms. The molecular formula is C24H23FN4O4S. The van der Waals surface area contributed by atoms with Gasteiger partial charge in [0.25, 0.3) is 0 Å². The standard InChI is InChI=1S/C24H23FN4O4S/c1-16-23(17(2)29(28-16)20-10-8-18(25)9-11-20)14-24(30)27-19-5-3-7-22(13-19)34(31,32)26-15-21-6-4-12-33-21/h3-13,26H,14-15H2,1-2H3,(H,27,30). The number of nitrogens with one attached hydrogen (secondary N) is 2. The lowest BCUT2D eigenvalue weighted by molar-refractivity contribution is -0.115. The number of hydrogen-bond donors (Lipinski definition) is 2. The first-order valence-corrected chi connectivity index (χ1v) is 11.9. The van der Waals surface area contributed by atoms with Gasteiger partial charge < -0.3 is 9.73 Å². The highest BCUT2D eigenvalue weighted by Gasteiger charge is 2.18. The van der Waals surface area contributed by atoms with Gasteiger partial charge in [-0.05, 0) is 68.4 Å². The van der Waals surface area contributed by atoms with E-state index in [0.29, 0.717) is 22.8 Å². The minimum absolute atomic E-state index is 0.0164. The van der Waals surface area contributed by atoms with Crippen LogP contribution in [0.5, 0.6) is 0 Å². The number of hydrogen-bond acceptors (Lipinski definition) is 5. The molecule has 0 aliphatic heterocycles. The van der Waals surface area contributed by atoms with E-state index in [0.717, 1.165) is 11.3 Å². The molecule has 176 valence electrons. The van der Waals surface area contributed by atoms with E-state index in [4.69, 9.17) is 4.42 Å².